The maximum Gasteiger partial charge on any atom is 0.260 e. The molecule has 2 rings (SSSR count). The van der Waals surface area contributed by atoms with Gasteiger partial charge in [0.25, 0.3) is 4.51 Å². The van der Waals surface area contributed by atoms with Crippen LogP contribution < -0.4 is 14.2 Å². The van der Waals surface area contributed by atoms with E-state index in [0.717, 1.165) is 11.3 Å². The molecule has 0 radical (unpaired) electrons. The Kier molecular flexibility index (Phi) is 5.50. The quantitative estimate of drug-likeness (QED) is 0.610. The van der Waals surface area contributed by atoms with Gasteiger partial charge in [-0.05, 0) is 84.6 Å². The van der Waals surface area contributed by atoms with Crippen molar-refractivity contribution < 1.29 is 14.2 Å². The second-order valence-corrected chi connectivity index (χ2v) is 5.24. The molecule has 0 aromatic heterocycles. The summed E-state index contributed by atoms with van der Waals surface area (Å²) in [7, 11) is 1.61. The van der Waals surface area contributed by atoms with Crippen LogP contribution in [0.2, 0.25) is 0 Å². The highest BCUT2D eigenvalue weighted by molar-refractivity contribution is 7.82. The van der Waals surface area contributed by atoms with Gasteiger partial charge in [-0.25, -0.2) is 0 Å². The fourth-order valence-corrected chi connectivity index (χ4v) is 1.98. The Morgan fingerprint density at radius 3 is 1.81 bits per heavy atom. The first kappa shape index (κ1) is 15.7. The van der Waals surface area contributed by atoms with Crippen molar-refractivity contribution >= 4 is 45.6 Å². The Morgan fingerprint density at radius 2 is 1.29 bits per heavy atom. The van der Waals surface area contributed by atoms with Gasteiger partial charge in [-0.3, -0.25) is 0 Å². The Balaban J connectivity index is 2.03. The average Bonchev–Trinajstić information content (AvgIpc) is 2.48. The SMILES string of the molecule is COc1ccc(OC(=S)c2ccc(OC(=S)Cl)cc2)cc1. The monoisotopic (exact) mass is 338 g/mol. The lowest BCUT2D eigenvalue weighted by Gasteiger charge is -2.08. The third-order valence-corrected chi connectivity index (χ3v) is 3.04. The van der Waals surface area contributed by atoms with Gasteiger partial charge < -0.3 is 14.2 Å². The highest BCUT2D eigenvalue weighted by Gasteiger charge is 2.05. The molecule has 6 heteroatoms. The van der Waals surface area contributed by atoms with E-state index in [0.29, 0.717) is 16.5 Å². The molecule has 0 aliphatic rings. The van der Waals surface area contributed by atoms with Gasteiger partial charge in [-0.1, -0.05) is 0 Å². The zero-order valence-electron chi connectivity index (χ0n) is 11.0. The van der Waals surface area contributed by atoms with Crippen molar-refractivity contribution in [2.75, 3.05) is 7.11 Å². The van der Waals surface area contributed by atoms with E-state index >= 15 is 0 Å². The molecule has 0 saturated carbocycles. The predicted molar refractivity (Wildman–Crippen MR) is 90.8 cm³/mol. The van der Waals surface area contributed by atoms with Crippen LogP contribution in [0, 0.1) is 0 Å². The highest BCUT2D eigenvalue weighted by Crippen LogP contribution is 2.20. The van der Waals surface area contributed by atoms with E-state index in [1.807, 2.05) is 0 Å². The summed E-state index contributed by atoms with van der Waals surface area (Å²) < 4.78 is 15.7. The molecule has 2 aromatic rings. The van der Waals surface area contributed by atoms with Gasteiger partial charge in [0.15, 0.2) is 5.05 Å². The van der Waals surface area contributed by atoms with E-state index in [-0.39, 0.29) is 4.51 Å². The first-order chi connectivity index (χ1) is 10.1. The Hall–Kier alpha value is -1.69. The normalized spacial score (nSPS) is 9.81. The van der Waals surface area contributed by atoms with Crippen molar-refractivity contribution in [1.29, 1.82) is 0 Å². The van der Waals surface area contributed by atoms with Gasteiger partial charge >= 0.3 is 0 Å². The lowest BCUT2D eigenvalue weighted by molar-refractivity contribution is 0.414. The third kappa shape index (κ3) is 4.67. The molecule has 0 N–H and O–H groups in total. The van der Waals surface area contributed by atoms with Crippen molar-refractivity contribution in [3.63, 3.8) is 0 Å². The van der Waals surface area contributed by atoms with Crippen molar-refractivity contribution in [3.8, 4) is 17.2 Å². The van der Waals surface area contributed by atoms with Crippen molar-refractivity contribution in [2.45, 2.75) is 0 Å². The van der Waals surface area contributed by atoms with Crippen LogP contribution in [-0.4, -0.2) is 16.7 Å². The summed E-state index contributed by atoms with van der Waals surface area (Å²) in [4.78, 5) is 0. The summed E-state index contributed by atoms with van der Waals surface area (Å²) in [5, 5.41) is 0.361. The summed E-state index contributed by atoms with van der Waals surface area (Å²) in [5.41, 5.74) is 0.758. The molecule has 3 nitrogen and oxygen atoms in total. The molecule has 0 fully saturated rings. The maximum absolute atomic E-state index is 5.60. The largest absolute Gasteiger partial charge is 0.497 e. The molecule has 0 unspecified atom stereocenters. The Bertz CT molecular complexity index is 639. The molecule has 108 valence electrons. The molecule has 0 spiro atoms. The molecule has 0 aliphatic heterocycles. The minimum atomic E-state index is -0.0557. The molecule has 0 bridgehead atoms. The van der Waals surface area contributed by atoms with E-state index in [1.165, 1.54) is 0 Å². The number of benzene rings is 2. The molecule has 0 saturated heterocycles. The standard InChI is InChI=1S/C15H11ClO3S2/c1-17-11-6-8-12(9-7-11)18-14(20)10-2-4-13(5-3-10)19-15(16)21/h2-9H,1H3. The highest BCUT2D eigenvalue weighted by atomic mass is 35.5. The smallest absolute Gasteiger partial charge is 0.260 e. The van der Waals surface area contributed by atoms with Crippen LogP contribution in [0.4, 0.5) is 0 Å². The number of hydrogen-bond acceptors (Lipinski definition) is 5. The minimum Gasteiger partial charge on any atom is -0.497 e. The fraction of sp³-hybridized carbons (Fsp3) is 0.0667. The van der Waals surface area contributed by atoms with Gasteiger partial charge in [0.1, 0.15) is 17.2 Å². The van der Waals surface area contributed by atoms with Gasteiger partial charge in [-0.2, -0.15) is 0 Å². The first-order valence-corrected chi connectivity index (χ1v) is 7.11. The average molecular weight is 339 g/mol. The van der Waals surface area contributed by atoms with Crippen LogP contribution in [0.5, 0.6) is 17.2 Å². The van der Waals surface area contributed by atoms with Crippen molar-refractivity contribution in [3.05, 3.63) is 54.1 Å². The van der Waals surface area contributed by atoms with Gasteiger partial charge in [0, 0.05) is 5.56 Å². The second kappa shape index (κ2) is 7.36. The molecule has 0 heterocycles. The van der Waals surface area contributed by atoms with Crippen molar-refractivity contribution in [1.82, 2.24) is 0 Å². The summed E-state index contributed by atoms with van der Waals surface area (Å²) in [6.07, 6.45) is 0. The molecule has 0 aliphatic carbocycles. The number of ether oxygens (including phenoxy) is 3. The maximum atomic E-state index is 5.60. The topological polar surface area (TPSA) is 27.7 Å². The summed E-state index contributed by atoms with van der Waals surface area (Å²) >= 11 is 15.4. The molecular weight excluding hydrogens is 328 g/mol. The van der Waals surface area contributed by atoms with Crippen LogP contribution >= 0.6 is 36.0 Å². The van der Waals surface area contributed by atoms with Gasteiger partial charge in [0.05, 0.1) is 7.11 Å². The zero-order valence-corrected chi connectivity index (χ0v) is 13.4. The lowest BCUT2D eigenvalue weighted by Crippen LogP contribution is -2.07. The number of halogens is 1. The van der Waals surface area contributed by atoms with Crippen LogP contribution in [0.25, 0.3) is 0 Å². The summed E-state index contributed by atoms with van der Waals surface area (Å²) in [6.45, 7) is 0. The number of hydrogen-bond donors (Lipinski definition) is 0. The first-order valence-electron chi connectivity index (χ1n) is 5.92. The summed E-state index contributed by atoms with van der Waals surface area (Å²) in [6, 6.07) is 14.2. The van der Waals surface area contributed by atoms with E-state index in [4.69, 9.17) is 38.0 Å². The van der Waals surface area contributed by atoms with Crippen LogP contribution in [0.3, 0.4) is 0 Å². The minimum absolute atomic E-state index is 0.0557. The fourth-order valence-electron chi connectivity index (χ4n) is 1.56. The van der Waals surface area contributed by atoms with Crippen LogP contribution in [0.15, 0.2) is 48.5 Å². The van der Waals surface area contributed by atoms with E-state index in [2.05, 4.69) is 12.2 Å². The van der Waals surface area contributed by atoms with E-state index in [9.17, 15) is 0 Å². The van der Waals surface area contributed by atoms with Gasteiger partial charge in [0.2, 0.25) is 0 Å². The van der Waals surface area contributed by atoms with Gasteiger partial charge in [-0.15, -0.1) is 0 Å². The predicted octanol–water partition coefficient (Wildman–Crippen LogP) is 4.35. The van der Waals surface area contributed by atoms with Crippen LogP contribution in [0.1, 0.15) is 5.56 Å². The number of rotatable bonds is 4. The summed E-state index contributed by atoms with van der Waals surface area (Å²) in [5.74, 6) is 1.95. The number of thiocarbonyl (C=S) groups is 2. The van der Waals surface area contributed by atoms with Crippen LogP contribution in [-0.2, 0) is 0 Å². The van der Waals surface area contributed by atoms with E-state index < -0.39 is 0 Å². The van der Waals surface area contributed by atoms with E-state index in [1.54, 1.807) is 55.6 Å². The number of methoxy groups -OCH3 is 1. The molecule has 21 heavy (non-hydrogen) atoms. The molecular formula is C15H11ClO3S2. The lowest BCUT2D eigenvalue weighted by atomic mass is 10.2. The molecule has 2 aromatic carbocycles. The Labute approximate surface area is 138 Å². The third-order valence-electron chi connectivity index (χ3n) is 2.56. The Morgan fingerprint density at radius 1 is 0.810 bits per heavy atom. The molecule has 0 atom stereocenters. The van der Waals surface area contributed by atoms with Crippen molar-refractivity contribution in [2.24, 2.45) is 0 Å². The molecule has 0 amide bonds. The zero-order chi connectivity index (χ0) is 15.2. The second-order valence-electron chi connectivity index (χ2n) is 3.93.